The van der Waals surface area contributed by atoms with Crippen LogP contribution in [0.5, 0.6) is 0 Å². The van der Waals surface area contributed by atoms with E-state index in [1.54, 1.807) is 6.21 Å². The van der Waals surface area contributed by atoms with Crippen LogP contribution >= 0.6 is 0 Å². The number of nitrogens with one attached hydrogen (secondary N) is 2. The standard InChI is InChI=1S/C17H15N3O/c1-12-14-9-5-6-10-15(14)19-16(12)17(21)20-18-11-13-7-3-2-4-8-13/h2-11,19H,1H3,(H,20,21). The highest BCUT2D eigenvalue weighted by Gasteiger charge is 2.13. The van der Waals surface area contributed by atoms with Crippen molar-refractivity contribution >= 4 is 23.0 Å². The number of aryl methyl sites for hydroxylation is 1. The van der Waals surface area contributed by atoms with Crippen LogP contribution in [0.4, 0.5) is 0 Å². The first-order valence-corrected chi connectivity index (χ1v) is 6.71. The van der Waals surface area contributed by atoms with Gasteiger partial charge in [-0.05, 0) is 24.1 Å². The van der Waals surface area contributed by atoms with Crippen molar-refractivity contribution in [2.45, 2.75) is 6.92 Å². The molecule has 0 unspecified atom stereocenters. The average Bonchev–Trinajstić information content (AvgIpc) is 2.86. The van der Waals surface area contributed by atoms with Gasteiger partial charge in [0.25, 0.3) is 5.91 Å². The van der Waals surface area contributed by atoms with Gasteiger partial charge < -0.3 is 4.98 Å². The summed E-state index contributed by atoms with van der Waals surface area (Å²) in [4.78, 5) is 15.3. The number of hydrogen-bond donors (Lipinski definition) is 2. The number of amides is 1. The molecule has 0 fully saturated rings. The number of H-pyrrole nitrogens is 1. The summed E-state index contributed by atoms with van der Waals surface area (Å²) >= 11 is 0. The van der Waals surface area contributed by atoms with E-state index in [2.05, 4.69) is 15.5 Å². The highest BCUT2D eigenvalue weighted by atomic mass is 16.2. The number of carbonyl (C=O) groups excluding carboxylic acids is 1. The fraction of sp³-hybridized carbons (Fsp3) is 0.0588. The zero-order valence-corrected chi connectivity index (χ0v) is 11.6. The topological polar surface area (TPSA) is 57.2 Å². The Bertz CT molecular complexity index is 803. The summed E-state index contributed by atoms with van der Waals surface area (Å²) in [6.45, 7) is 1.93. The first-order valence-electron chi connectivity index (χ1n) is 6.71. The van der Waals surface area contributed by atoms with Crippen LogP contribution in [-0.4, -0.2) is 17.1 Å². The predicted molar refractivity (Wildman–Crippen MR) is 84.5 cm³/mol. The first kappa shape index (κ1) is 13.1. The molecule has 4 nitrogen and oxygen atoms in total. The SMILES string of the molecule is Cc1c(C(=O)NN=Cc2ccccc2)[nH]c2ccccc12. The molecular formula is C17H15N3O. The van der Waals surface area contributed by atoms with Crippen LogP contribution in [0.1, 0.15) is 21.6 Å². The van der Waals surface area contributed by atoms with Crippen molar-refractivity contribution in [1.82, 2.24) is 10.4 Å². The van der Waals surface area contributed by atoms with Gasteiger partial charge in [-0.3, -0.25) is 4.79 Å². The van der Waals surface area contributed by atoms with Gasteiger partial charge in [-0.25, -0.2) is 5.43 Å². The maximum absolute atomic E-state index is 12.2. The summed E-state index contributed by atoms with van der Waals surface area (Å²) in [5.41, 5.74) is 5.91. The van der Waals surface area contributed by atoms with E-state index in [0.29, 0.717) is 5.69 Å². The minimum atomic E-state index is -0.240. The number of nitrogens with zero attached hydrogens (tertiary/aromatic N) is 1. The lowest BCUT2D eigenvalue weighted by atomic mass is 10.1. The third-order valence-corrected chi connectivity index (χ3v) is 3.37. The molecular weight excluding hydrogens is 262 g/mol. The Morgan fingerprint density at radius 1 is 1.10 bits per heavy atom. The predicted octanol–water partition coefficient (Wildman–Crippen LogP) is 3.24. The molecule has 21 heavy (non-hydrogen) atoms. The lowest BCUT2D eigenvalue weighted by molar-refractivity contribution is 0.0950. The summed E-state index contributed by atoms with van der Waals surface area (Å²) < 4.78 is 0. The van der Waals surface area contributed by atoms with Gasteiger partial charge >= 0.3 is 0 Å². The largest absolute Gasteiger partial charge is 0.350 e. The lowest BCUT2D eigenvalue weighted by Crippen LogP contribution is -2.18. The molecule has 1 amide bonds. The Labute approximate surface area is 122 Å². The van der Waals surface area contributed by atoms with Gasteiger partial charge in [0.2, 0.25) is 0 Å². The quantitative estimate of drug-likeness (QED) is 0.560. The van der Waals surface area contributed by atoms with Gasteiger partial charge in [-0.15, -0.1) is 0 Å². The molecule has 0 aliphatic heterocycles. The van der Waals surface area contributed by atoms with Gasteiger partial charge in [-0.1, -0.05) is 48.5 Å². The zero-order chi connectivity index (χ0) is 14.7. The van der Waals surface area contributed by atoms with E-state index in [1.165, 1.54) is 0 Å². The van der Waals surface area contributed by atoms with Crippen molar-refractivity contribution in [2.75, 3.05) is 0 Å². The molecule has 2 aromatic carbocycles. The molecule has 1 heterocycles. The first-order chi connectivity index (χ1) is 10.3. The fourth-order valence-corrected chi connectivity index (χ4v) is 2.27. The number of hydrogen-bond acceptors (Lipinski definition) is 2. The number of aromatic nitrogens is 1. The molecule has 2 N–H and O–H groups in total. The second-order valence-corrected chi connectivity index (χ2v) is 4.78. The third-order valence-electron chi connectivity index (χ3n) is 3.37. The van der Waals surface area contributed by atoms with E-state index in [1.807, 2.05) is 61.5 Å². The van der Waals surface area contributed by atoms with Crippen LogP contribution < -0.4 is 5.43 Å². The van der Waals surface area contributed by atoms with Gasteiger partial charge in [-0.2, -0.15) is 5.10 Å². The normalized spacial score (nSPS) is 11.1. The summed E-state index contributed by atoms with van der Waals surface area (Å²) in [5, 5.41) is 5.04. The Hall–Kier alpha value is -2.88. The number of rotatable bonds is 3. The van der Waals surface area contributed by atoms with Crippen molar-refractivity contribution < 1.29 is 4.79 Å². The number of aromatic amines is 1. The monoisotopic (exact) mass is 277 g/mol. The zero-order valence-electron chi connectivity index (χ0n) is 11.6. The van der Waals surface area contributed by atoms with Crippen LogP contribution in [0, 0.1) is 6.92 Å². The van der Waals surface area contributed by atoms with E-state index in [0.717, 1.165) is 22.0 Å². The van der Waals surface area contributed by atoms with Gasteiger partial charge in [0.1, 0.15) is 5.69 Å². The molecule has 0 spiro atoms. The summed E-state index contributed by atoms with van der Waals surface area (Å²) in [7, 11) is 0. The van der Waals surface area contributed by atoms with Crippen molar-refractivity contribution in [3.63, 3.8) is 0 Å². The van der Waals surface area contributed by atoms with E-state index in [9.17, 15) is 4.79 Å². The van der Waals surface area contributed by atoms with Crippen LogP contribution in [0.2, 0.25) is 0 Å². The van der Waals surface area contributed by atoms with E-state index in [4.69, 9.17) is 0 Å². The van der Waals surface area contributed by atoms with Crippen molar-refractivity contribution in [2.24, 2.45) is 5.10 Å². The van der Waals surface area contributed by atoms with Crippen molar-refractivity contribution in [3.8, 4) is 0 Å². The maximum atomic E-state index is 12.2. The average molecular weight is 277 g/mol. The highest BCUT2D eigenvalue weighted by molar-refractivity contribution is 6.01. The van der Waals surface area contributed by atoms with E-state index < -0.39 is 0 Å². The number of benzene rings is 2. The van der Waals surface area contributed by atoms with E-state index in [-0.39, 0.29) is 5.91 Å². The summed E-state index contributed by atoms with van der Waals surface area (Å²) in [5.74, 6) is -0.240. The van der Waals surface area contributed by atoms with Gasteiger partial charge in [0.15, 0.2) is 0 Å². The molecule has 0 saturated heterocycles. The molecule has 0 aliphatic carbocycles. The molecule has 0 radical (unpaired) electrons. The van der Waals surface area contributed by atoms with Gasteiger partial charge in [0.05, 0.1) is 6.21 Å². The molecule has 3 aromatic rings. The van der Waals surface area contributed by atoms with Crippen LogP contribution in [0.15, 0.2) is 59.7 Å². The van der Waals surface area contributed by atoms with Gasteiger partial charge in [0, 0.05) is 10.9 Å². The highest BCUT2D eigenvalue weighted by Crippen LogP contribution is 2.20. The van der Waals surface area contributed by atoms with Crippen molar-refractivity contribution in [3.05, 3.63) is 71.4 Å². The number of hydrazone groups is 1. The maximum Gasteiger partial charge on any atom is 0.288 e. The fourth-order valence-electron chi connectivity index (χ4n) is 2.27. The molecule has 0 bridgehead atoms. The van der Waals surface area contributed by atoms with Crippen molar-refractivity contribution in [1.29, 1.82) is 0 Å². The number of carbonyl (C=O) groups is 1. The summed E-state index contributed by atoms with van der Waals surface area (Å²) in [6, 6.07) is 17.5. The minimum absolute atomic E-state index is 0.240. The number of fused-ring (bicyclic) bond motifs is 1. The lowest BCUT2D eigenvalue weighted by Gasteiger charge is -1.98. The number of para-hydroxylation sites is 1. The summed E-state index contributed by atoms with van der Waals surface area (Å²) in [6.07, 6.45) is 1.62. The molecule has 0 saturated carbocycles. The Kier molecular flexibility index (Phi) is 3.51. The molecule has 0 atom stereocenters. The molecule has 4 heteroatoms. The third kappa shape index (κ3) is 2.69. The van der Waals surface area contributed by atoms with E-state index >= 15 is 0 Å². The molecule has 3 rings (SSSR count). The molecule has 1 aromatic heterocycles. The Morgan fingerprint density at radius 2 is 1.81 bits per heavy atom. The Morgan fingerprint density at radius 3 is 2.57 bits per heavy atom. The second-order valence-electron chi connectivity index (χ2n) is 4.78. The molecule has 0 aliphatic rings. The smallest absolute Gasteiger partial charge is 0.288 e. The molecule has 104 valence electrons. The minimum Gasteiger partial charge on any atom is -0.350 e. The van der Waals surface area contributed by atoms with Crippen LogP contribution in [-0.2, 0) is 0 Å². The second kappa shape index (κ2) is 5.63. The Balaban J connectivity index is 1.78. The van der Waals surface area contributed by atoms with Crippen LogP contribution in [0.25, 0.3) is 10.9 Å². The van der Waals surface area contributed by atoms with Crippen LogP contribution in [0.3, 0.4) is 0 Å².